The van der Waals surface area contributed by atoms with E-state index in [0.717, 1.165) is 17.4 Å². The van der Waals surface area contributed by atoms with Gasteiger partial charge in [0.05, 0.1) is 22.4 Å². The van der Waals surface area contributed by atoms with Crippen LogP contribution in [0.15, 0.2) is 79.1 Å². The number of halogens is 3. The van der Waals surface area contributed by atoms with E-state index in [1.54, 1.807) is 48.7 Å². The molecule has 1 saturated heterocycles. The Labute approximate surface area is 292 Å². The van der Waals surface area contributed by atoms with Crippen molar-refractivity contribution in [3.8, 4) is 33.2 Å². The molecule has 0 saturated carbocycles. The summed E-state index contributed by atoms with van der Waals surface area (Å²) in [6, 6.07) is 16.3. The van der Waals surface area contributed by atoms with E-state index >= 15 is 0 Å². The van der Waals surface area contributed by atoms with Gasteiger partial charge in [-0.25, -0.2) is 9.78 Å². The normalized spacial score (nSPS) is 15.9. The summed E-state index contributed by atoms with van der Waals surface area (Å²) in [7, 11) is 0. The lowest BCUT2D eigenvalue weighted by molar-refractivity contribution is -0.140. The number of aromatic nitrogens is 2. The zero-order chi connectivity index (χ0) is 35.7. The molecule has 1 atom stereocenters. The van der Waals surface area contributed by atoms with Crippen molar-refractivity contribution in [2.75, 3.05) is 19.8 Å². The van der Waals surface area contributed by atoms with Gasteiger partial charge < -0.3 is 19.1 Å². The van der Waals surface area contributed by atoms with Gasteiger partial charge >= 0.3 is 12.1 Å². The number of nitrogens with zero attached hydrogens (tertiary/aromatic N) is 3. The van der Waals surface area contributed by atoms with Gasteiger partial charge in [-0.1, -0.05) is 18.2 Å². The lowest BCUT2D eigenvalue weighted by Gasteiger charge is -2.29. The topological polar surface area (TPSA) is 137 Å². The maximum atomic E-state index is 14.1. The first-order valence-corrected chi connectivity index (χ1v) is 16.6. The van der Waals surface area contributed by atoms with E-state index in [9.17, 15) is 32.3 Å². The molecule has 11 nitrogen and oxygen atoms in total. The maximum Gasteiger partial charge on any atom is 0.417 e. The highest BCUT2D eigenvalue weighted by Gasteiger charge is 2.39. The van der Waals surface area contributed by atoms with Crippen LogP contribution in [0.25, 0.3) is 31.9 Å². The van der Waals surface area contributed by atoms with Crippen LogP contribution in [0.3, 0.4) is 0 Å². The molecule has 0 aliphatic carbocycles. The van der Waals surface area contributed by atoms with Crippen LogP contribution < -0.4 is 14.8 Å². The average Bonchev–Trinajstić information content (AvgIpc) is 3.68. The Morgan fingerprint density at radius 3 is 2.57 bits per heavy atom. The number of carbonyl (C=O) groups excluding carboxylic acids is 4. The standard InChI is InChI=1S/C36H27F3N4O7S/c37-36(38,39)27-15-20(21-2-1-11-40-17-21)3-6-26(27)34-41-28-8-5-23(16-30(28)51-34)49-13-12-48-19-32(45)50-24-4-7-25-22(14-24)18-43(35(25)47)29-9-10-31(44)42-33(29)46/h1-8,11,14-17,29H,9-10,12-13,18-19H2,(H,42,44,46). The second-order valence-corrected chi connectivity index (χ2v) is 12.8. The predicted molar refractivity (Wildman–Crippen MR) is 178 cm³/mol. The van der Waals surface area contributed by atoms with Gasteiger partial charge in [0.25, 0.3) is 5.91 Å². The summed E-state index contributed by atoms with van der Waals surface area (Å²) in [6.45, 7) is -0.114. The first kappa shape index (κ1) is 33.8. The number of hydrogen-bond acceptors (Lipinski definition) is 10. The summed E-state index contributed by atoms with van der Waals surface area (Å²) in [5, 5.41) is 2.47. The van der Waals surface area contributed by atoms with E-state index in [-0.39, 0.29) is 67.3 Å². The highest BCUT2D eigenvalue weighted by Crippen LogP contribution is 2.42. The van der Waals surface area contributed by atoms with Gasteiger partial charge in [0.15, 0.2) is 0 Å². The van der Waals surface area contributed by atoms with Crippen LogP contribution in [-0.4, -0.2) is 64.4 Å². The van der Waals surface area contributed by atoms with Crippen LogP contribution in [0.2, 0.25) is 0 Å². The van der Waals surface area contributed by atoms with Gasteiger partial charge in [0.2, 0.25) is 11.8 Å². The number of hydrogen-bond donors (Lipinski definition) is 1. The van der Waals surface area contributed by atoms with Gasteiger partial charge in [0.1, 0.15) is 35.8 Å². The number of ether oxygens (including phenoxy) is 3. The molecule has 2 aromatic heterocycles. The fraction of sp³-hybridized carbons (Fsp3) is 0.222. The average molecular weight is 717 g/mol. The summed E-state index contributed by atoms with van der Waals surface area (Å²) in [6.07, 6.45) is -1.16. The highest BCUT2D eigenvalue weighted by molar-refractivity contribution is 7.21. The van der Waals surface area contributed by atoms with Crippen molar-refractivity contribution in [2.45, 2.75) is 31.6 Å². The molecule has 3 amide bonds. The number of carbonyl (C=O) groups is 4. The van der Waals surface area contributed by atoms with Crippen molar-refractivity contribution in [3.63, 3.8) is 0 Å². The lowest BCUT2D eigenvalue weighted by Crippen LogP contribution is -2.52. The number of amides is 3. The van der Waals surface area contributed by atoms with Crippen LogP contribution in [0.1, 0.15) is 34.3 Å². The second-order valence-electron chi connectivity index (χ2n) is 11.7. The van der Waals surface area contributed by atoms with Crippen molar-refractivity contribution in [3.05, 3.63) is 95.8 Å². The molecular formula is C36H27F3N4O7S. The van der Waals surface area contributed by atoms with Crippen LogP contribution >= 0.6 is 11.3 Å². The minimum absolute atomic E-state index is 0.0262. The molecule has 1 N–H and O–H groups in total. The first-order chi connectivity index (χ1) is 24.5. The van der Waals surface area contributed by atoms with Gasteiger partial charge in [-0.2, -0.15) is 13.2 Å². The molecule has 2 aliphatic rings. The molecule has 260 valence electrons. The van der Waals surface area contributed by atoms with Crippen molar-refractivity contribution >= 4 is 45.2 Å². The van der Waals surface area contributed by atoms with Gasteiger partial charge in [-0.3, -0.25) is 24.7 Å². The van der Waals surface area contributed by atoms with Gasteiger partial charge in [0, 0.05) is 42.0 Å². The van der Waals surface area contributed by atoms with Crippen molar-refractivity contribution < 1.29 is 46.6 Å². The van der Waals surface area contributed by atoms with Gasteiger partial charge in [-0.15, -0.1) is 11.3 Å². The number of pyridine rings is 1. The number of alkyl halides is 3. The smallest absolute Gasteiger partial charge is 0.417 e. The summed E-state index contributed by atoms with van der Waals surface area (Å²) in [4.78, 5) is 58.9. The third kappa shape index (κ3) is 7.30. The summed E-state index contributed by atoms with van der Waals surface area (Å²) in [5.41, 5.74) is 1.65. The molecule has 2 aliphatic heterocycles. The van der Waals surface area contributed by atoms with Crippen molar-refractivity contribution in [1.82, 2.24) is 20.2 Å². The SMILES string of the molecule is O=C1CCC(N2Cc3cc(OC(=O)COCCOc4ccc5nc(-c6ccc(-c7cccnc7)cc6C(F)(F)F)sc5c4)ccc3C2=O)C(=O)N1. The second kappa shape index (κ2) is 13.9. The molecule has 1 fully saturated rings. The lowest BCUT2D eigenvalue weighted by atomic mass is 10.00. The molecule has 4 heterocycles. The highest BCUT2D eigenvalue weighted by atomic mass is 32.1. The Kier molecular flexibility index (Phi) is 9.23. The minimum Gasteiger partial charge on any atom is -0.491 e. The molecule has 5 aromatic rings. The third-order valence-electron chi connectivity index (χ3n) is 8.35. The molecule has 3 aromatic carbocycles. The summed E-state index contributed by atoms with van der Waals surface area (Å²) in [5.74, 6) is -1.24. The molecule has 0 radical (unpaired) electrons. The number of esters is 1. The maximum absolute atomic E-state index is 14.1. The van der Waals surface area contributed by atoms with E-state index in [1.165, 1.54) is 29.3 Å². The fourth-order valence-corrected chi connectivity index (χ4v) is 6.97. The number of nitrogens with one attached hydrogen (secondary N) is 1. The monoisotopic (exact) mass is 716 g/mol. The summed E-state index contributed by atoms with van der Waals surface area (Å²) < 4.78 is 59.5. The molecule has 7 rings (SSSR count). The Morgan fingerprint density at radius 1 is 0.961 bits per heavy atom. The molecule has 15 heteroatoms. The van der Waals surface area contributed by atoms with E-state index in [0.29, 0.717) is 38.2 Å². The zero-order valence-electron chi connectivity index (χ0n) is 26.6. The minimum atomic E-state index is -4.60. The van der Waals surface area contributed by atoms with E-state index in [4.69, 9.17) is 14.2 Å². The van der Waals surface area contributed by atoms with Crippen LogP contribution in [-0.2, 0) is 31.8 Å². The molecular weight excluding hydrogens is 689 g/mol. The number of piperidine rings is 1. The van der Waals surface area contributed by atoms with E-state index in [1.807, 2.05) is 0 Å². The van der Waals surface area contributed by atoms with E-state index in [2.05, 4.69) is 15.3 Å². The molecule has 51 heavy (non-hydrogen) atoms. The fourth-order valence-electron chi connectivity index (χ4n) is 5.94. The van der Waals surface area contributed by atoms with Crippen molar-refractivity contribution in [1.29, 1.82) is 0 Å². The van der Waals surface area contributed by atoms with Crippen LogP contribution in [0, 0.1) is 0 Å². The number of benzene rings is 3. The predicted octanol–water partition coefficient (Wildman–Crippen LogP) is 5.81. The Hall–Kier alpha value is -5.67. The van der Waals surface area contributed by atoms with Crippen molar-refractivity contribution in [2.24, 2.45) is 0 Å². The first-order valence-electron chi connectivity index (χ1n) is 15.7. The number of rotatable bonds is 10. The largest absolute Gasteiger partial charge is 0.491 e. The zero-order valence-corrected chi connectivity index (χ0v) is 27.4. The van der Waals surface area contributed by atoms with Gasteiger partial charge in [-0.05, 0) is 66.1 Å². The Bertz CT molecular complexity index is 2170. The number of thiazole rings is 1. The molecule has 1 unspecified atom stereocenters. The summed E-state index contributed by atoms with van der Waals surface area (Å²) >= 11 is 1.11. The molecule has 0 spiro atoms. The quantitative estimate of drug-likeness (QED) is 0.0823. The number of fused-ring (bicyclic) bond motifs is 2. The van der Waals surface area contributed by atoms with Crippen LogP contribution in [0.4, 0.5) is 13.2 Å². The Morgan fingerprint density at radius 2 is 1.78 bits per heavy atom. The van der Waals surface area contributed by atoms with E-state index < -0.39 is 29.7 Å². The third-order valence-corrected chi connectivity index (χ3v) is 9.40. The molecule has 0 bridgehead atoms. The van der Waals surface area contributed by atoms with Crippen LogP contribution in [0.5, 0.6) is 11.5 Å². The Balaban J connectivity index is 0.915. The number of imide groups is 1.